The first kappa shape index (κ1) is 35.7. The maximum atomic E-state index is 7.87. The summed E-state index contributed by atoms with van der Waals surface area (Å²) in [4.78, 5) is 14.3. The van der Waals surface area contributed by atoms with E-state index in [1.165, 1.54) is 16.7 Å². The van der Waals surface area contributed by atoms with Crippen molar-refractivity contribution >= 4 is 5.69 Å². The third-order valence-electron chi connectivity index (χ3n) is 11.8. The quantitative estimate of drug-likeness (QED) is 0.152. The molecule has 278 valence electrons. The molecule has 1 aliphatic rings. The van der Waals surface area contributed by atoms with Crippen molar-refractivity contribution in [3.05, 3.63) is 223 Å². The van der Waals surface area contributed by atoms with Gasteiger partial charge in [0.05, 0.1) is 18.0 Å². The van der Waals surface area contributed by atoms with E-state index < -0.39 is 0 Å². The molecular weight excluding hydrogens is 715 g/mol. The van der Waals surface area contributed by atoms with Crippen LogP contribution in [0.2, 0.25) is 0 Å². The fraction of sp³-hybridized carbons (Fsp3) is 0.0536. The van der Waals surface area contributed by atoms with Gasteiger partial charge in [-0.3, -0.25) is 0 Å². The Balaban J connectivity index is 1.01. The Morgan fingerprint density at radius 2 is 0.814 bits per heavy atom. The third-order valence-corrected chi connectivity index (χ3v) is 11.8. The van der Waals surface area contributed by atoms with Crippen LogP contribution in [-0.2, 0) is 5.41 Å². The van der Waals surface area contributed by atoms with Gasteiger partial charge in [-0.25, -0.2) is 14.8 Å². The molecule has 0 aliphatic heterocycles. The predicted octanol–water partition coefficient (Wildman–Crippen LogP) is 15.0. The molecule has 1 aliphatic carbocycles. The van der Waals surface area contributed by atoms with Gasteiger partial charge in [-0.2, -0.15) is 0 Å². The highest BCUT2D eigenvalue weighted by Crippen LogP contribution is 2.53. The number of hydrogen-bond acceptors (Lipinski definition) is 2. The Morgan fingerprint density at radius 3 is 1.44 bits per heavy atom. The van der Waals surface area contributed by atoms with E-state index in [0.717, 1.165) is 78.1 Å². The average Bonchev–Trinajstić information content (AvgIpc) is 3.55. The summed E-state index contributed by atoms with van der Waals surface area (Å²) in [6, 6.07) is 70.4. The second-order valence-corrected chi connectivity index (χ2v) is 15.7. The van der Waals surface area contributed by atoms with Gasteiger partial charge in [0, 0.05) is 22.1 Å². The molecule has 8 aromatic carbocycles. The Bertz CT molecular complexity index is 3050. The third kappa shape index (κ3) is 6.61. The Labute approximate surface area is 345 Å². The summed E-state index contributed by atoms with van der Waals surface area (Å²) in [6.07, 6.45) is 0. The van der Waals surface area contributed by atoms with Crippen LogP contribution in [0, 0.1) is 6.57 Å². The second-order valence-electron chi connectivity index (χ2n) is 15.7. The first-order chi connectivity index (χ1) is 28.9. The molecule has 0 atom stereocenters. The van der Waals surface area contributed by atoms with Crippen molar-refractivity contribution in [2.45, 2.75) is 19.3 Å². The zero-order valence-corrected chi connectivity index (χ0v) is 32.9. The molecule has 0 bridgehead atoms. The van der Waals surface area contributed by atoms with Crippen molar-refractivity contribution in [1.82, 2.24) is 9.97 Å². The van der Waals surface area contributed by atoms with Gasteiger partial charge in [0.2, 0.25) is 0 Å². The number of fused-ring (bicyclic) bond motifs is 3. The van der Waals surface area contributed by atoms with E-state index >= 15 is 0 Å². The van der Waals surface area contributed by atoms with Crippen molar-refractivity contribution in [2.75, 3.05) is 0 Å². The van der Waals surface area contributed by atoms with E-state index in [2.05, 4.69) is 195 Å². The van der Waals surface area contributed by atoms with E-state index in [4.69, 9.17) is 16.5 Å². The highest BCUT2D eigenvalue weighted by molar-refractivity contribution is 5.92. The molecule has 3 heteroatoms. The van der Waals surface area contributed by atoms with Crippen molar-refractivity contribution in [3.8, 4) is 89.5 Å². The second kappa shape index (κ2) is 14.7. The minimum absolute atomic E-state index is 0.150. The lowest BCUT2D eigenvalue weighted by Gasteiger charge is -2.21. The van der Waals surface area contributed by atoms with Crippen LogP contribution >= 0.6 is 0 Å². The summed E-state index contributed by atoms with van der Waals surface area (Å²) in [6.45, 7) is 12.4. The lowest BCUT2D eigenvalue weighted by molar-refractivity contribution is 0.660. The van der Waals surface area contributed by atoms with E-state index in [0.29, 0.717) is 11.5 Å². The van der Waals surface area contributed by atoms with Crippen LogP contribution in [0.4, 0.5) is 5.69 Å². The number of hydrogen-bond donors (Lipinski definition) is 0. The standard InChI is InChI=1S/C56H39N3/c1-56(2)49-32-31-45(35-48(49)54-50(56)21-12-22-51(54)57-3)41-25-23-40(24-26-41)43-17-10-19-46(33-43)53-36-52(42-29-27-39(28-30-42)37-13-6-4-7-14-37)58-55(59-53)47-20-11-18-44(34-47)38-15-8-5-9-16-38/h4-36H,1-2H3. The molecule has 1 aromatic heterocycles. The van der Waals surface area contributed by atoms with Gasteiger partial charge in [0.15, 0.2) is 11.5 Å². The monoisotopic (exact) mass is 753 g/mol. The topological polar surface area (TPSA) is 30.1 Å². The van der Waals surface area contributed by atoms with Gasteiger partial charge >= 0.3 is 0 Å². The SMILES string of the molecule is [C-]#[N+]c1cccc2c1-c1cc(-c3ccc(-c4cccc(-c5cc(-c6ccc(-c7ccccc7)cc6)nc(-c6cccc(-c7ccccc7)c6)n5)c4)cc3)ccc1C2(C)C. The zero-order valence-electron chi connectivity index (χ0n) is 32.9. The van der Waals surface area contributed by atoms with Gasteiger partial charge in [0.25, 0.3) is 0 Å². The fourth-order valence-electron chi connectivity index (χ4n) is 8.58. The van der Waals surface area contributed by atoms with Crippen LogP contribution in [0.25, 0.3) is 94.4 Å². The van der Waals surface area contributed by atoms with Gasteiger partial charge < -0.3 is 0 Å². The van der Waals surface area contributed by atoms with Crippen LogP contribution in [0.15, 0.2) is 200 Å². The van der Waals surface area contributed by atoms with Crippen molar-refractivity contribution in [2.24, 2.45) is 0 Å². The minimum atomic E-state index is -0.150. The Morgan fingerprint density at radius 1 is 0.373 bits per heavy atom. The number of nitrogens with zero attached hydrogens (tertiary/aromatic N) is 3. The molecule has 0 spiro atoms. The van der Waals surface area contributed by atoms with Gasteiger partial charge in [-0.15, -0.1) is 0 Å². The molecule has 1 heterocycles. The highest BCUT2D eigenvalue weighted by atomic mass is 14.9. The molecule has 0 saturated heterocycles. The van der Waals surface area contributed by atoms with E-state index in [-0.39, 0.29) is 5.41 Å². The van der Waals surface area contributed by atoms with Gasteiger partial charge in [-0.1, -0.05) is 190 Å². The van der Waals surface area contributed by atoms with Crippen molar-refractivity contribution in [3.63, 3.8) is 0 Å². The molecule has 59 heavy (non-hydrogen) atoms. The fourth-order valence-corrected chi connectivity index (χ4v) is 8.58. The average molecular weight is 754 g/mol. The highest BCUT2D eigenvalue weighted by Gasteiger charge is 2.36. The smallest absolute Gasteiger partial charge is 0.195 e. The molecule has 0 saturated carbocycles. The zero-order chi connectivity index (χ0) is 39.9. The van der Waals surface area contributed by atoms with Gasteiger partial charge in [-0.05, 0) is 91.0 Å². The normalized spacial score (nSPS) is 12.4. The Hall–Kier alpha value is -7.67. The molecule has 0 unspecified atom stereocenters. The van der Waals surface area contributed by atoms with Crippen molar-refractivity contribution < 1.29 is 0 Å². The summed E-state index contributed by atoms with van der Waals surface area (Å²) >= 11 is 0. The maximum Gasteiger partial charge on any atom is 0.195 e. The van der Waals surface area contributed by atoms with Crippen LogP contribution in [-0.4, -0.2) is 9.97 Å². The molecular formula is C56H39N3. The molecule has 0 radical (unpaired) electrons. The largest absolute Gasteiger partial charge is 0.238 e. The summed E-state index contributed by atoms with van der Waals surface area (Å²) < 4.78 is 0. The molecule has 10 rings (SSSR count). The Kier molecular flexibility index (Phi) is 8.89. The first-order valence-electron chi connectivity index (χ1n) is 20.0. The molecule has 3 nitrogen and oxygen atoms in total. The summed E-state index contributed by atoms with van der Waals surface area (Å²) in [5.41, 5.74) is 19.2. The molecule has 0 fully saturated rings. The van der Waals surface area contributed by atoms with E-state index in [9.17, 15) is 0 Å². The van der Waals surface area contributed by atoms with Crippen LogP contribution in [0.1, 0.15) is 25.0 Å². The minimum Gasteiger partial charge on any atom is -0.238 e. The first-order valence-corrected chi connectivity index (χ1v) is 20.0. The summed E-state index contributed by atoms with van der Waals surface area (Å²) in [5, 5.41) is 0. The lowest BCUT2D eigenvalue weighted by atomic mass is 9.82. The molecule has 0 amide bonds. The van der Waals surface area contributed by atoms with E-state index in [1.807, 2.05) is 24.3 Å². The number of aromatic nitrogens is 2. The van der Waals surface area contributed by atoms with E-state index in [1.54, 1.807) is 0 Å². The van der Waals surface area contributed by atoms with Gasteiger partial charge in [0.1, 0.15) is 0 Å². The lowest BCUT2D eigenvalue weighted by Crippen LogP contribution is -2.14. The predicted molar refractivity (Wildman–Crippen MR) is 244 cm³/mol. The summed E-state index contributed by atoms with van der Waals surface area (Å²) in [7, 11) is 0. The van der Waals surface area contributed by atoms with Crippen LogP contribution < -0.4 is 0 Å². The molecule has 9 aromatic rings. The molecule has 0 N–H and O–H groups in total. The number of benzene rings is 8. The van der Waals surface area contributed by atoms with Crippen molar-refractivity contribution in [1.29, 1.82) is 0 Å². The summed E-state index contributed by atoms with van der Waals surface area (Å²) in [5.74, 6) is 0.682. The number of rotatable bonds is 7. The van der Waals surface area contributed by atoms with Crippen LogP contribution in [0.5, 0.6) is 0 Å². The van der Waals surface area contributed by atoms with Crippen LogP contribution in [0.3, 0.4) is 0 Å². The maximum absolute atomic E-state index is 7.87.